The van der Waals surface area contributed by atoms with Crippen LogP contribution in [0.25, 0.3) is 0 Å². The standard InChI is InChI=1S/C15H18O3/c1-10-8-12-5-6-14(17)13(12)9-15(10)18-7-3-4-11(2)16/h8-9H,3-7H2,1-2H3. The molecule has 0 amide bonds. The summed E-state index contributed by atoms with van der Waals surface area (Å²) in [5, 5.41) is 0. The Morgan fingerprint density at radius 3 is 2.83 bits per heavy atom. The molecule has 0 aliphatic heterocycles. The first-order chi connectivity index (χ1) is 8.58. The van der Waals surface area contributed by atoms with Crippen molar-refractivity contribution in [1.82, 2.24) is 0 Å². The second kappa shape index (κ2) is 5.34. The Kier molecular flexibility index (Phi) is 3.80. The van der Waals surface area contributed by atoms with Crippen LogP contribution in [0, 0.1) is 6.92 Å². The van der Waals surface area contributed by atoms with Crippen LogP contribution in [-0.2, 0) is 11.2 Å². The Bertz CT molecular complexity index is 489. The van der Waals surface area contributed by atoms with Gasteiger partial charge in [-0.25, -0.2) is 0 Å². The molecule has 2 rings (SSSR count). The molecule has 96 valence electrons. The lowest BCUT2D eigenvalue weighted by atomic mass is 10.1. The van der Waals surface area contributed by atoms with Crippen molar-refractivity contribution in [2.75, 3.05) is 6.61 Å². The lowest BCUT2D eigenvalue weighted by Gasteiger charge is -2.10. The van der Waals surface area contributed by atoms with Crippen molar-refractivity contribution in [3.8, 4) is 5.75 Å². The van der Waals surface area contributed by atoms with Gasteiger partial charge in [-0.05, 0) is 43.9 Å². The molecule has 1 aliphatic carbocycles. The van der Waals surface area contributed by atoms with E-state index in [0.29, 0.717) is 19.4 Å². The third-order valence-corrected chi connectivity index (χ3v) is 3.25. The summed E-state index contributed by atoms with van der Waals surface area (Å²) in [7, 11) is 0. The van der Waals surface area contributed by atoms with Gasteiger partial charge in [0.1, 0.15) is 11.5 Å². The highest BCUT2D eigenvalue weighted by molar-refractivity contribution is 6.00. The van der Waals surface area contributed by atoms with Gasteiger partial charge in [-0.1, -0.05) is 6.07 Å². The molecule has 0 heterocycles. The summed E-state index contributed by atoms with van der Waals surface area (Å²) in [6.45, 7) is 4.09. The van der Waals surface area contributed by atoms with Crippen molar-refractivity contribution < 1.29 is 14.3 Å². The van der Waals surface area contributed by atoms with Crippen LogP contribution in [-0.4, -0.2) is 18.2 Å². The zero-order valence-corrected chi connectivity index (χ0v) is 10.9. The number of benzene rings is 1. The maximum absolute atomic E-state index is 11.6. The smallest absolute Gasteiger partial charge is 0.163 e. The normalized spacial score (nSPS) is 13.6. The molecular formula is C15H18O3. The van der Waals surface area contributed by atoms with Crippen LogP contribution in [0.5, 0.6) is 5.75 Å². The largest absolute Gasteiger partial charge is 0.493 e. The number of rotatable bonds is 5. The Labute approximate surface area is 107 Å². The molecule has 0 saturated heterocycles. The van der Waals surface area contributed by atoms with Crippen molar-refractivity contribution >= 4 is 11.6 Å². The van der Waals surface area contributed by atoms with Gasteiger partial charge in [-0.2, -0.15) is 0 Å². The molecule has 0 unspecified atom stereocenters. The molecule has 1 aliphatic rings. The van der Waals surface area contributed by atoms with Crippen LogP contribution in [0.2, 0.25) is 0 Å². The van der Waals surface area contributed by atoms with Gasteiger partial charge in [0.05, 0.1) is 6.61 Å². The molecule has 1 aromatic carbocycles. The van der Waals surface area contributed by atoms with Crippen LogP contribution < -0.4 is 4.74 Å². The van der Waals surface area contributed by atoms with Gasteiger partial charge in [0.2, 0.25) is 0 Å². The van der Waals surface area contributed by atoms with E-state index in [1.165, 1.54) is 0 Å². The predicted octanol–water partition coefficient (Wildman–Crippen LogP) is 2.87. The molecule has 0 bridgehead atoms. The minimum atomic E-state index is 0.180. The van der Waals surface area contributed by atoms with Gasteiger partial charge in [-0.3, -0.25) is 4.79 Å². The van der Waals surface area contributed by atoms with Crippen LogP contribution in [0.4, 0.5) is 0 Å². The van der Waals surface area contributed by atoms with Crippen molar-refractivity contribution in [2.45, 2.75) is 39.5 Å². The first-order valence-electron chi connectivity index (χ1n) is 6.37. The SMILES string of the molecule is CC(=O)CCCOc1cc2c(cc1C)CCC2=O. The molecule has 0 spiro atoms. The molecule has 0 fully saturated rings. The summed E-state index contributed by atoms with van der Waals surface area (Å²) in [6, 6.07) is 3.90. The monoisotopic (exact) mass is 246 g/mol. The number of carbonyl (C=O) groups is 2. The average Bonchev–Trinajstić information content (AvgIpc) is 2.66. The highest BCUT2D eigenvalue weighted by Gasteiger charge is 2.21. The van der Waals surface area contributed by atoms with Crippen molar-refractivity contribution in [3.05, 3.63) is 28.8 Å². The average molecular weight is 246 g/mol. The zero-order chi connectivity index (χ0) is 13.1. The summed E-state index contributed by atoms with van der Waals surface area (Å²) >= 11 is 0. The summed E-state index contributed by atoms with van der Waals surface area (Å²) < 4.78 is 5.66. The van der Waals surface area contributed by atoms with E-state index in [1.54, 1.807) is 6.92 Å². The van der Waals surface area contributed by atoms with Gasteiger partial charge in [0.25, 0.3) is 0 Å². The fourth-order valence-electron chi connectivity index (χ4n) is 2.26. The highest BCUT2D eigenvalue weighted by Crippen LogP contribution is 2.29. The molecule has 0 aromatic heterocycles. The Morgan fingerprint density at radius 2 is 2.11 bits per heavy atom. The van der Waals surface area contributed by atoms with E-state index < -0.39 is 0 Å². The zero-order valence-electron chi connectivity index (χ0n) is 10.9. The highest BCUT2D eigenvalue weighted by atomic mass is 16.5. The first-order valence-corrected chi connectivity index (χ1v) is 6.37. The lowest BCUT2D eigenvalue weighted by molar-refractivity contribution is -0.117. The molecule has 0 radical (unpaired) electrons. The number of fused-ring (bicyclic) bond motifs is 1. The molecule has 3 nitrogen and oxygen atoms in total. The van der Waals surface area contributed by atoms with E-state index in [-0.39, 0.29) is 11.6 Å². The fraction of sp³-hybridized carbons (Fsp3) is 0.467. The Balaban J connectivity index is 2.03. The Morgan fingerprint density at radius 1 is 1.33 bits per heavy atom. The maximum atomic E-state index is 11.6. The van der Waals surface area contributed by atoms with Crippen LogP contribution in [0.1, 0.15) is 47.7 Å². The van der Waals surface area contributed by atoms with E-state index in [2.05, 4.69) is 0 Å². The summed E-state index contributed by atoms with van der Waals surface area (Å²) in [5.41, 5.74) is 3.00. The lowest BCUT2D eigenvalue weighted by Crippen LogP contribution is -2.03. The molecule has 1 aromatic rings. The Hall–Kier alpha value is -1.64. The van der Waals surface area contributed by atoms with Gasteiger partial charge in [0.15, 0.2) is 5.78 Å². The van der Waals surface area contributed by atoms with Gasteiger partial charge >= 0.3 is 0 Å². The minimum absolute atomic E-state index is 0.180. The number of aryl methyl sites for hydroxylation is 2. The number of ketones is 2. The predicted molar refractivity (Wildman–Crippen MR) is 69.2 cm³/mol. The maximum Gasteiger partial charge on any atom is 0.163 e. The topological polar surface area (TPSA) is 43.4 Å². The van der Waals surface area contributed by atoms with E-state index in [1.807, 2.05) is 19.1 Å². The van der Waals surface area contributed by atoms with Gasteiger partial charge < -0.3 is 9.53 Å². The number of carbonyl (C=O) groups excluding carboxylic acids is 2. The van der Waals surface area contributed by atoms with Crippen molar-refractivity contribution in [3.63, 3.8) is 0 Å². The molecule has 0 saturated carbocycles. The van der Waals surface area contributed by atoms with Crippen LogP contribution >= 0.6 is 0 Å². The third kappa shape index (κ3) is 2.78. The number of Topliss-reactive ketones (excluding diaryl/α,β-unsaturated/α-hetero) is 2. The fourth-order valence-corrected chi connectivity index (χ4v) is 2.26. The first kappa shape index (κ1) is 12.8. The van der Waals surface area contributed by atoms with E-state index in [0.717, 1.165) is 35.3 Å². The van der Waals surface area contributed by atoms with Gasteiger partial charge in [-0.15, -0.1) is 0 Å². The van der Waals surface area contributed by atoms with E-state index in [4.69, 9.17) is 4.74 Å². The summed E-state index contributed by atoms with van der Waals surface area (Å²) in [5.74, 6) is 1.16. The van der Waals surface area contributed by atoms with Crippen LogP contribution in [0.15, 0.2) is 12.1 Å². The second-order valence-corrected chi connectivity index (χ2v) is 4.85. The van der Waals surface area contributed by atoms with Gasteiger partial charge in [0, 0.05) is 18.4 Å². The molecule has 0 N–H and O–H groups in total. The molecule has 3 heteroatoms. The molecular weight excluding hydrogens is 228 g/mol. The van der Waals surface area contributed by atoms with Crippen LogP contribution in [0.3, 0.4) is 0 Å². The second-order valence-electron chi connectivity index (χ2n) is 4.85. The van der Waals surface area contributed by atoms with Crippen molar-refractivity contribution in [2.24, 2.45) is 0 Å². The quantitative estimate of drug-likeness (QED) is 0.750. The third-order valence-electron chi connectivity index (χ3n) is 3.25. The van der Waals surface area contributed by atoms with E-state index in [9.17, 15) is 9.59 Å². The minimum Gasteiger partial charge on any atom is -0.493 e. The van der Waals surface area contributed by atoms with Crippen molar-refractivity contribution in [1.29, 1.82) is 0 Å². The van der Waals surface area contributed by atoms with E-state index >= 15 is 0 Å². The summed E-state index contributed by atoms with van der Waals surface area (Å²) in [6.07, 6.45) is 2.73. The number of hydrogen-bond donors (Lipinski definition) is 0. The number of ether oxygens (including phenoxy) is 1. The molecule has 0 atom stereocenters. The molecule has 18 heavy (non-hydrogen) atoms. The number of hydrogen-bond acceptors (Lipinski definition) is 3. The summed E-state index contributed by atoms with van der Waals surface area (Å²) in [4.78, 5) is 22.5.